The van der Waals surface area contributed by atoms with E-state index in [2.05, 4.69) is 10.2 Å². The number of halogens is 1. The molecule has 5 heteroatoms. The SMILES string of the molecule is O=C(C1CNC1)N1CCSCC1c1ccc(Cl)cc1. The fourth-order valence-corrected chi connectivity index (χ4v) is 3.74. The van der Waals surface area contributed by atoms with Crippen molar-refractivity contribution < 1.29 is 4.79 Å². The van der Waals surface area contributed by atoms with E-state index in [0.717, 1.165) is 36.2 Å². The molecule has 1 unspecified atom stereocenters. The van der Waals surface area contributed by atoms with Crippen molar-refractivity contribution in [1.82, 2.24) is 10.2 Å². The van der Waals surface area contributed by atoms with Gasteiger partial charge in [-0.1, -0.05) is 23.7 Å². The number of thioether (sulfide) groups is 1. The molecule has 2 aliphatic rings. The number of carbonyl (C=O) groups is 1. The highest BCUT2D eigenvalue weighted by molar-refractivity contribution is 7.99. The summed E-state index contributed by atoms with van der Waals surface area (Å²) < 4.78 is 0. The van der Waals surface area contributed by atoms with Gasteiger partial charge >= 0.3 is 0 Å². The fraction of sp³-hybridized carbons (Fsp3) is 0.500. The molecule has 3 rings (SSSR count). The van der Waals surface area contributed by atoms with Crippen LogP contribution in [0.15, 0.2) is 24.3 Å². The molecule has 1 N–H and O–H groups in total. The Labute approximate surface area is 122 Å². The largest absolute Gasteiger partial charge is 0.334 e. The molecule has 1 aromatic rings. The van der Waals surface area contributed by atoms with Crippen LogP contribution in [-0.2, 0) is 4.79 Å². The summed E-state index contributed by atoms with van der Waals surface area (Å²) in [5, 5.41) is 3.92. The molecule has 0 spiro atoms. The number of amides is 1. The van der Waals surface area contributed by atoms with Gasteiger partial charge in [-0.15, -0.1) is 0 Å². The van der Waals surface area contributed by atoms with Crippen molar-refractivity contribution in [3.63, 3.8) is 0 Å². The molecule has 0 saturated carbocycles. The number of rotatable bonds is 2. The van der Waals surface area contributed by atoms with Gasteiger partial charge in [0.2, 0.25) is 5.91 Å². The van der Waals surface area contributed by atoms with E-state index in [1.165, 1.54) is 5.56 Å². The van der Waals surface area contributed by atoms with Gasteiger partial charge in [-0.2, -0.15) is 11.8 Å². The molecule has 3 nitrogen and oxygen atoms in total. The zero-order chi connectivity index (χ0) is 13.2. The summed E-state index contributed by atoms with van der Waals surface area (Å²) in [6.07, 6.45) is 0. The van der Waals surface area contributed by atoms with Crippen LogP contribution in [0.2, 0.25) is 5.02 Å². The van der Waals surface area contributed by atoms with Crippen LogP contribution in [0.25, 0.3) is 0 Å². The molecular weight excluding hydrogens is 280 g/mol. The summed E-state index contributed by atoms with van der Waals surface area (Å²) in [5.74, 6) is 2.50. The van der Waals surface area contributed by atoms with Gasteiger partial charge in [-0.3, -0.25) is 4.79 Å². The number of nitrogens with zero attached hydrogens (tertiary/aromatic N) is 1. The maximum Gasteiger partial charge on any atom is 0.228 e. The van der Waals surface area contributed by atoms with Crippen molar-refractivity contribution in [2.75, 3.05) is 31.1 Å². The second-order valence-electron chi connectivity index (χ2n) is 5.03. The summed E-state index contributed by atoms with van der Waals surface area (Å²) in [7, 11) is 0. The van der Waals surface area contributed by atoms with Crippen LogP contribution in [-0.4, -0.2) is 41.9 Å². The van der Waals surface area contributed by atoms with Crippen LogP contribution in [0.4, 0.5) is 0 Å². The van der Waals surface area contributed by atoms with Crippen LogP contribution in [0.5, 0.6) is 0 Å². The minimum Gasteiger partial charge on any atom is -0.334 e. The van der Waals surface area contributed by atoms with Crippen molar-refractivity contribution in [2.24, 2.45) is 5.92 Å². The molecular formula is C14H17ClN2OS. The summed E-state index contributed by atoms with van der Waals surface area (Å²) in [6.45, 7) is 2.51. The number of carbonyl (C=O) groups excluding carboxylic acids is 1. The monoisotopic (exact) mass is 296 g/mol. The lowest BCUT2D eigenvalue weighted by molar-refractivity contribution is -0.139. The first-order chi connectivity index (χ1) is 9.25. The molecule has 102 valence electrons. The van der Waals surface area contributed by atoms with Gasteiger partial charge in [0.05, 0.1) is 12.0 Å². The quantitative estimate of drug-likeness (QED) is 0.908. The Morgan fingerprint density at radius 2 is 2.05 bits per heavy atom. The zero-order valence-corrected chi connectivity index (χ0v) is 12.2. The zero-order valence-electron chi connectivity index (χ0n) is 10.6. The molecule has 0 aromatic heterocycles. The highest BCUT2D eigenvalue weighted by Crippen LogP contribution is 2.31. The topological polar surface area (TPSA) is 32.3 Å². The molecule has 0 radical (unpaired) electrons. The van der Waals surface area contributed by atoms with E-state index in [1.54, 1.807) is 0 Å². The van der Waals surface area contributed by atoms with E-state index in [1.807, 2.05) is 36.0 Å². The lowest BCUT2D eigenvalue weighted by Crippen LogP contribution is -2.54. The molecule has 1 atom stereocenters. The van der Waals surface area contributed by atoms with E-state index < -0.39 is 0 Å². The first-order valence-corrected chi connectivity index (χ1v) is 8.13. The Bertz CT molecular complexity index is 461. The van der Waals surface area contributed by atoms with Gasteiger partial charge in [-0.05, 0) is 17.7 Å². The Morgan fingerprint density at radius 1 is 1.32 bits per heavy atom. The van der Waals surface area contributed by atoms with E-state index in [9.17, 15) is 4.79 Å². The molecule has 2 saturated heterocycles. The average molecular weight is 297 g/mol. The first kappa shape index (κ1) is 13.3. The van der Waals surface area contributed by atoms with Crippen molar-refractivity contribution >= 4 is 29.3 Å². The van der Waals surface area contributed by atoms with E-state index in [4.69, 9.17) is 11.6 Å². The molecule has 2 aliphatic heterocycles. The molecule has 19 heavy (non-hydrogen) atoms. The highest BCUT2D eigenvalue weighted by atomic mass is 35.5. The summed E-state index contributed by atoms with van der Waals surface area (Å²) in [4.78, 5) is 14.5. The van der Waals surface area contributed by atoms with Crippen molar-refractivity contribution in [1.29, 1.82) is 0 Å². The van der Waals surface area contributed by atoms with E-state index in [0.29, 0.717) is 5.91 Å². The molecule has 2 heterocycles. The van der Waals surface area contributed by atoms with Crippen LogP contribution < -0.4 is 5.32 Å². The van der Waals surface area contributed by atoms with Crippen LogP contribution >= 0.6 is 23.4 Å². The van der Waals surface area contributed by atoms with E-state index in [-0.39, 0.29) is 12.0 Å². The van der Waals surface area contributed by atoms with Gasteiger partial charge in [0, 0.05) is 36.2 Å². The van der Waals surface area contributed by atoms with Gasteiger partial charge in [0.25, 0.3) is 0 Å². The van der Waals surface area contributed by atoms with Crippen LogP contribution in [0.1, 0.15) is 11.6 Å². The lowest BCUT2D eigenvalue weighted by Gasteiger charge is -2.40. The predicted molar refractivity (Wildman–Crippen MR) is 79.6 cm³/mol. The van der Waals surface area contributed by atoms with Gasteiger partial charge in [0.15, 0.2) is 0 Å². The second kappa shape index (κ2) is 5.73. The Balaban J connectivity index is 1.80. The summed E-state index contributed by atoms with van der Waals surface area (Å²) in [5.41, 5.74) is 1.19. The fourth-order valence-electron chi connectivity index (χ4n) is 2.53. The molecule has 1 amide bonds. The number of nitrogens with one attached hydrogen (secondary N) is 1. The highest BCUT2D eigenvalue weighted by Gasteiger charge is 2.35. The minimum absolute atomic E-state index is 0.179. The number of hydrogen-bond acceptors (Lipinski definition) is 3. The lowest BCUT2D eigenvalue weighted by atomic mass is 9.99. The van der Waals surface area contributed by atoms with Crippen LogP contribution in [0, 0.1) is 5.92 Å². The van der Waals surface area contributed by atoms with Crippen molar-refractivity contribution in [2.45, 2.75) is 6.04 Å². The second-order valence-corrected chi connectivity index (χ2v) is 6.62. The number of hydrogen-bond donors (Lipinski definition) is 1. The smallest absolute Gasteiger partial charge is 0.228 e. The third-order valence-corrected chi connectivity index (χ3v) is 5.07. The van der Waals surface area contributed by atoms with Gasteiger partial charge < -0.3 is 10.2 Å². The maximum absolute atomic E-state index is 12.5. The van der Waals surface area contributed by atoms with Gasteiger partial charge in [-0.25, -0.2) is 0 Å². The van der Waals surface area contributed by atoms with Crippen molar-refractivity contribution in [3.8, 4) is 0 Å². The first-order valence-electron chi connectivity index (χ1n) is 6.60. The third kappa shape index (κ3) is 2.76. The Kier molecular flexibility index (Phi) is 4.01. The minimum atomic E-state index is 0.179. The molecule has 0 bridgehead atoms. The summed E-state index contributed by atoms with van der Waals surface area (Å²) in [6, 6.07) is 8.09. The van der Waals surface area contributed by atoms with Crippen molar-refractivity contribution in [3.05, 3.63) is 34.9 Å². The maximum atomic E-state index is 12.5. The average Bonchev–Trinajstić information content (AvgIpc) is 2.37. The van der Waals surface area contributed by atoms with Gasteiger partial charge in [0.1, 0.15) is 0 Å². The Morgan fingerprint density at radius 3 is 2.68 bits per heavy atom. The summed E-state index contributed by atoms with van der Waals surface area (Å²) >= 11 is 7.86. The van der Waals surface area contributed by atoms with Crippen LogP contribution in [0.3, 0.4) is 0 Å². The standard InChI is InChI=1S/C14H17ClN2OS/c15-12-3-1-10(2-4-12)13-9-19-6-5-17(13)14(18)11-7-16-8-11/h1-4,11,13,16H,5-9H2. The number of benzene rings is 1. The third-order valence-electron chi connectivity index (χ3n) is 3.80. The normalized spacial score (nSPS) is 24.1. The van der Waals surface area contributed by atoms with E-state index >= 15 is 0 Å². The molecule has 2 fully saturated rings. The molecule has 1 aromatic carbocycles. The predicted octanol–water partition coefficient (Wildman–Crippen LogP) is 2.18. The Hall–Kier alpha value is -0.710. The molecule has 0 aliphatic carbocycles.